The molecule has 6 aromatic rings. The molecule has 0 bridgehead atoms. The molecule has 0 unspecified atom stereocenters. The minimum absolute atomic E-state index is 0.0210. The highest BCUT2D eigenvalue weighted by atomic mass is 19.1. The van der Waals surface area contributed by atoms with Gasteiger partial charge in [0.2, 0.25) is 5.91 Å². The molecular weight excluding hydrogens is 531 g/mol. The number of carbonyl (C=O) groups excluding carboxylic acids is 1. The summed E-state index contributed by atoms with van der Waals surface area (Å²) < 4.78 is 14.2. The number of aromatic amines is 2. The van der Waals surface area contributed by atoms with Gasteiger partial charge >= 0.3 is 0 Å². The largest absolute Gasteiger partial charge is 0.335 e. The second-order valence-corrected chi connectivity index (χ2v) is 11.0. The van der Waals surface area contributed by atoms with Crippen molar-refractivity contribution in [2.75, 3.05) is 5.32 Å². The highest BCUT2D eigenvalue weighted by Crippen LogP contribution is 2.32. The molecule has 9 nitrogen and oxygen atoms in total. The van der Waals surface area contributed by atoms with E-state index in [1.165, 1.54) is 31.4 Å². The van der Waals surface area contributed by atoms with Crippen LogP contribution in [0.25, 0.3) is 56.1 Å². The predicted octanol–water partition coefficient (Wildman–Crippen LogP) is 6.98. The summed E-state index contributed by atoms with van der Waals surface area (Å²) in [5.74, 6) is 0.677. The van der Waals surface area contributed by atoms with E-state index in [-0.39, 0.29) is 11.7 Å². The molecule has 1 aromatic carbocycles. The summed E-state index contributed by atoms with van der Waals surface area (Å²) in [7, 11) is 0. The first-order valence-electron chi connectivity index (χ1n) is 14.2. The van der Waals surface area contributed by atoms with Gasteiger partial charge in [-0.05, 0) is 73.2 Å². The average Bonchev–Trinajstić information content (AvgIpc) is 3.61. The van der Waals surface area contributed by atoms with E-state index in [2.05, 4.69) is 30.5 Å². The van der Waals surface area contributed by atoms with E-state index in [0.717, 1.165) is 40.6 Å². The Bertz CT molecular complexity index is 1920. The van der Waals surface area contributed by atoms with Crippen LogP contribution >= 0.6 is 0 Å². The Labute approximate surface area is 241 Å². The van der Waals surface area contributed by atoms with Crippen LogP contribution in [0.15, 0.2) is 61.1 Å². The number of amides is 1. The van der Waals surface area contributed by atoms with E-state index in [1.807, 2.05) is 37.3 Å². The van der Waals surface area contributed by atoms with Crippen LogP contribution in [-0.4, -0.2) is 41.0 Å². The Hall–Kier alpha value is -4.99. The van der Waals surface area contributed by atoms with Crippen LogP contribution in [0.5, 0.6) is 0 Å². The first-order chi connectivity index (χ1) is 20.5. The Kier molecular flexibility index (Phi) is 6.65. The maximum absolute atomic E-state index is 14.2. The fourth-order valence-electron chi connectivity index (χ4n) is 5.89. The van der Waals surface area contributed by atoms with Crippen LogP contribution in [0.2, 0.25) is 0 Å². The number of pyridine rings is 3. The van der Waals surface area contributed by atoms with Gasteiger partial charge in [-0.15, -0.1) is 0 Å². The number of H-pyrrole nitrogens is 2. The van der Waals surface area contributed by atoms with Crippen molar-refractivity contribution in [1.29, 1.82) is 0 Å². The molecule has 3 N–H and O–H groups in total. The van der Waals surface area contributed by atoms with E-state index < -0.39 is 0 Å². The minimum Gasteiger partial charge on any atom is -0.335 e. The summed E-state index contributed by atoms with van der Waals surface area (Å²) in [5.41, 5.74) is 7.55. The molecule has 1 amide bonds. The number of hydrogen-bond donors (Lipinski definition) is 3. The van der Waals surface area contributed by atoms with Gasteiger partial charge < -0.3 is 10.3 Å². The molecule has 42 heavy (non-hydrogen) atoms. The number of imidazole rings is 1. The molecule has 1 saturated carbocycles. The van der Waals surface area contributed by atoms with E-state index in [9.17, 15) is 9.18 Å². The summed E-state index contributed by atoms with van der Waals surface area (Å²) in [6.07, 6.45) is 11.5. The molecule has 0 aliphatic heterocycles. The Morgan fingerprint density at radius 3 is 2.76 bits per heavy atom. The van der Waals surface area contributed by atoms with Crippen LogP contribution in [0.3, 0.4) is 0 Å². The van der Waals surface area contributed by atoms with E-state index in [4.69, 9.17) is 9.97 Å². The lowest BCUT2D eigenvalue weighted by Gasteiger charge is -2.20. The van der Waals surface area contributed by atoms with Gasteiger partial charge in [0.1, 0.15) is 11.3 Å². The highest BCUT2D eigenvalue weighted by Gasteiger charge is 2.19. The topological polar surface area (TPSA) is 125 Å². The molecular formula is C32H29FN8O. The van der Waals surface area contributed by atoms with Gasteiger partial charge in [0.25, 0.3) is 0 Å². The van der Waals surface area contributed by atoms with Gasteiger partial charge in [-0.1, -0.05) is 25.3 Å². The summed E-state index contributed by atoms with van der Waals surface area (Å²) >= 11 is 0. The molecule has 5 aromatic heterocycles. The molecule has 10 heteroatoms. The maximum Gasteiger partial charge on any atom is 0.224 e. The number of fused-ring (bicyclic) bond motifs is 2. The summed E-state index contributed by atoms with van der Waals surface area (Å²) in [6.45, 7) is 1.86. The number of aromatic nitrogens is 7. The molecule has 5 heterocycles. The molecule has 1 fully saturated rings. The van der Waals surface area contributed by atoms with Crippen molar-refractivity contribution < 1.29 is 9.18 Å². The molecule has 0 spiro atoms. The lowest BCUT2D eigenvalue weighted by atomic mass is 9.87. The van der Waals surface area contributed by atoms with Crippen molar-refractivity contribution in [1.82, 2.24) is 35.1 Å². The lowest BCUT2D eigenvalue weighted by Crippen LogP contribution is -2.18. The monoisotopic (exact) mass is 560 g/mol. The highest BCUT2D eigenvalue weighted by molar-refractivity contribution is 5.95. The molecule has 1 aliphatic rings. The van der Waals surface area contributed by atoms with Crippen molar-refractivity contribution in [3.63, 3.8) is 0 Å². The van der Waals surface area contributed by atoms with Crippen molar-refractivity contribution in [3.05, 3.63) is 72.4 Å². The van der Waals surface area contributed by atoms with Crippen LogP contribution in [0.4, 0.5) is 10.1 Å². The average molecular weight is 561 g/mol. The number of benzene rings is 1. The number of hydrogen-bond acceptors (Lipinski definition) is 6. The molecule has 210 valence electrons. The van der Waals surface area contributed by atoms with Crippen LogP contribution in [-0.2, 0) is 4.79 Å². The number of carbonyl (C=O) groups is 1. The maximum atomic E-state index is 14.2. The second-order valence-electron chi connectivity index (χ2n) is 11.0. The first-order valence-corrected chi connectivity index (χ1v) is 14.2. The van der Waals surface area contributed by atoms with E-state index >= 15 is 0 Å². The number of rotatable bonds is 6. The van der Waals surface area contributed by atoms with Gasteiger partial charge in [0, 0.05) is 29.9 Å². The zero-order valence-corrected chi connectivity index (χ0v) is 23.1. The number of anilines is 1. The van der Waals surface area contributed by atoms with Gasteiger partial charge in [-0.2, -0.15) is 5.10 Å². The summed E-state index contributed by atoms with van der Waals surface area (Å²) in [6, 6.07) is 12.4. The number of halogens is 1. The standard InChI is InChI=1S/C32H29FN8O/c1-18-11-20(14-22(33)12-18)24-9-10-35-31-28(24)38-32(39-31)30-29-26(40-41-30)8-7-25(37-29)21-15-23(17-34-16-21)36-27(42)13-19-5-3-2-4-6-19/h7-12,14-17,19H,2-6,13H2,1H3,(H,36,42)(H,40,41)(H,35,38,39). The Morgan fingerprint density at radius 1 is 1.02 bits per heavy atom. The Morgan fingerprint density at radius 2 is 1.90 bits per heavy atom. The van der Waals surface area contributed by atoms with Gasteiger partial charge in [-0.3, -0.25) is 14.9 Å². The van der Waals surface area contributed by atoms with Gasteiger partial charge in [-0.25, -0.2) is 19.3 Å². The van der Waals surface area contributed by atoms with Crippen LogP contribution in [0, 0.1) is 18.7 Å². The van der Waals surface area contributed by atoms with Crippen molar-refractivity contribution in [2.45, 2.75) is 45.4 Å². The zero-order valence-electron chi connectivity index (χ0n) is 23.1. The summed E-state index contributed by atoms with van der Waals surface area (Å²) in [4.78, 5) is 34.4. The number of aryl methyl sites for hydroxylation is 1. The van der Waals surface area contributed by atoms with Gasteiger partial charge in [0.15, 0.2) is 17.2 Å². The number of nitrogens with zero attached hydrogens (tertiary/aromatic N) is 5. The van der Waals surface area contributed by atoms with Gasteiger partial charge in [0.05, 0.1) is 28.6 Å². The zero-order chi connectivity index (χ0) is 28.6. The quantitative estimate of drug-likeness (QED) is 0.202. The molecule has 1 aliphatic carbocycles. The van der Waals surface area contributed by atoms with E-state index in [1.54, 1.807) is 18.6 Å². The first kappa shape index (κ1) is 25.9. The van der Waals surface area contributed by atoms with Crippen LogP contribution in [0.1, 0.15) is 44.1 Å². The third kappa shape index (κ3) is 5.11. The lowest BCUT2D eigenvalue weighted by molar-refractivity contribution is -0.117. The van der Waals surface area contributed by atoms with Crippen molar-refractivity contribution >= 4 is 33.8 Å². The third-order valence-electron chi connectivity index (χ3n) is 7.89. The Balaban J connectivity index is 1.20. The fraction of sp³-hybridized carbons (Fsp3) is 0.250. The van der Waals surface area contributed by atoms with E-state index in [0.29, 0.717) is 51.9 Å². The fourth-order valence-corrected chi connectivity index (χ4v) is 5.89. The minimum atomic E-state index is -0.299. The molecule has 0 atom stereocenters. The second kappa shape index (κ2) is 10.8. The third-order valence-corrected chi connectivity index (χ3v) is 7.89. The molecule has 0 radical (unpaired) electrons. The predicted molar refractivity (Wildman–Crippen MR) is 160 cm³/mol. The normalized spacial score (nSPS) is 14.0. The molecule has 7 rings (SSSR count). The number of nitrogens with one attached hydrogen (secondary N) is 3. The smallest absolute Gasteiger partial charge is 0.224 e. The summed E-state index contributed by atoms with van der Waals surface area (Å²) in [5, 5.41) is 10.5. The molecule has 0 saturated heterocycles. The SMILES string of the molecule is Cc1cc(F)cc(-c2ccnc3nc(-c4n[nH]c5ccc(-c6cncc(NC(=O)CC7CCCCC7)c6)nc45)[nH]c23)c1. The van der Waals surface area contributed by atoms with Crippen molar-refractivity contribution in [3.8, 4) is 33.9 Å². The van der Waals surface area contributed by atoms with Crippen molar-refractivity contribution in [2.24, 2.45) is 5.92 Å². The van der Waals surface area contributed by atoms with Crippen LogP contribution < -0.4 is 5.32 Å².